The maximum Gasteiger partial charge on any atom is 0.339 e. The summed E-state index contributed by atoms with van der Waals surface area (Å²) < 4.78 is 6.19. The third-order valence-corrected chi connectivity index (χ3v) is 4.43. The highest BCUT2D eigenvalue weighted by atomic mass is 79.9. The van der Waals surface area contributed by atoms with E-state index in [0.29, 0.717) is 5.56 Å². The molecule has 0 bridgehead atoms. The van der Waals surface area contributed by atoms with Gasteiger partial charge in [-0.3, -0.25) is 0 Å². The molecule has 22 heavy (non-hydrogen) atoms. The SMILES string of the molecule is Cc1ccc(COC(=O)c2ccc3ccccc3c2Br)cc1. The van der Waals surface area contributed by atoms with Gasteiger partial charge in [0.2, 0.25) is 0 Å². The van der Waals surface area contributed by atoms with Gasteiger partial charge in [0, 0.05) is 4.47 Å². The molecule has 0 aliphatic heterocycles. The van der Waals surface area contributed by atoms with Crippen LogP contribution in [0, 0.1) is 6.92 Å². The third-order valence-electron chi connectivity index (χ3n) is 3.57. The van der Waals surface area contributed by atoms with Crippen molar-refractivity contribution < 1.29 is 9.53 Å². The minimum atomic E-state index is -0.321. The molecule has 2 nitrogen and oxygen atoms in total. The molecule has 3 aromatic rings. The molecular weight excluding hydrogens is 340 g/mol. The van der Waals surface area contributed by atoms with E-state index in [1.165, 1.54) is 5.56 Å². The predicted octanol–water partition coefficient (Wildman–Crippen LogP) is 5.27. The highest BCUT2D eigenvalue weighted by Gasteiger charge is 2.13. The number of carbonyl (C=O) groups is 1. The predicted molar refractivity (Wildman–Crippen MR) is 91.9 cm³/mol. The van der Waals surface area contributed by atoms with Crippen molar-refractivity contribution in [1.29, 1.82) is 0 Å². The summed E-state index contributed by atoms with van der Waals surface area (Å²) in [6.07, 6.45) is 0. The molecule has 0 spiro atoms. The molecule has 0 radical (unpaired) electrons. The molecule has 3 rings (SSSR count). The molecule has 0 amide bonds. The second kappa shape index (κ2) is 6.32. The maximum atomic E-state index is 12.3. The molecule has 0 aliphatic rings. The van der Waals surface area contributed by atoms with Gasteiger partial charge in [0.05, 0.1) is 5.56 Å². The first-order chi connectivity index (χ1) is 10.6. The molecule has 0 aromatic heterocycles. The number of benzene rings is 3. The third kappa shape index (κ3) is 3.04. The van der Waals surface area contributed by atoms with Crippen molar-refractivity contribution in [1.82, 2.24) is 0 Å². The van der Waals surface area contributed by atoms with Crippen molar-refractivity contribution in [2.45, 2.75) is 13.5 Å². The van der Waals surface area contributed by atoms with E-state index >= 15 is 0 Å². The minimum absolute atomic E-state index is 0.276. The summed E-state index contributed by atoms with van der Waals surface area (Å²) in [6, 6.07) is 19.6. The summed E-state index contributed by atoms with van der Waals surface area (Å²) in [7, 11) is 0. The van der Waals surface area contributed by atoms with E-state index in [-0.39, 0.29) is 12.6 Å². The van der Waals surface area contributed by atoms with Crippen molar-refractivity contribution in [2.24, 2.45) is 0 Å². The molecule has 0 saturated heterocycles. The van der Waals surface area contributed by atoms with Gasteiger partial charge in [-0.1, -0.05) is 60.2 Å². The smallest absolute Gasteiger partial charge is 0.339 e. The molecule has 3 heteroatoms. The van der Waals surface area contributed by atoms with Crippen LogP contribution in [0.1, 0.15) is 21.5 Å². The number of hydrogen-bond acceptors (Lipinski definition) is 2. The Balaban J connectivity index is 1.80. The summed E-state index contributed by atoms with van der Waals surface area (Å²) in [4.78, 5) is 12.3. The fraction of sp³-hybridized carbons (Fsp3) is 0.105. The molecule has 0 unspecified atom stereocenters. The van der Waals surface area contributed by atoms with Crippen molar-refractivity contribution in [2.75, 3.05) is 0 Å². The lowest BCUT2D eigenvalue weighted by atomic mass is 10.1. The number of ether oxygens (including phenoxy) is 1. The number of rotatable bonds is 3. The molecule has 110 valence electrons. The van der Waals surface area contributed by atoms with Crippen LogP contribution in [0.5, 0.6) is 0 Å². The zero-order valence-corrected chi connectivity index (χ0v) is 13.8. The van der Waals surface area contributed by atoms with Gasteiger partial charge in [-0.25, -0.2) is 4.79 Å². The summed E-state index contributed by atoms with van der Waals surface area (Å²) >= 11 is 3.52. The Bertz CT molecular complexity index is 822. The van der Waals surface area contributed by atoms with Crippen LogP contribution in [-0.2, 0) is 11.3 Å². The van der Waals surface area contributed by atoms with E-state index in [4.69, 9.17) is 4.74 Å². The van der Waals surface area contributed by atoms with Crippen molar-refractivity contribution >= 4 is 32.7 Å². The first kappa shape index (κ1) is 14.8. The largest absolute Gasteiger partial charge is 0.457 e. The quantitative estimate of drug-likeness (QED) is 0.599. The second-order valence-corrected chi connectivity index (χ2v) is 6.00. The highest BCUT2D eigenvalue weighted by Crippen LogP contribution is 2.28. The lowest BCUT2D eigenvalue weighted by Crippen LogP contribution is -2.06. The second-order valence-electron chi connectivity index (χ2n) is 5.21. The van der Waals surface area contributed by atoms with Gasteiger partial charge in [-0.05, 0) is 45.3 Å². The Labute approximate surface area is 137 Å². The van der Waals surface area contributed by atoms with Gasteiger partial charge < -0.3 is 4.74 Å². The summed E-state index contributed by atoms with van der Waals surface area (Å²) in [5.41, 5.74) is 2.72. The van der Waals surface area contributed by atoms with E-state index in [1.807, 2.05) is 61.5 Å². The average molecular weight is 355 g/mol. The molecule has 0 aliphatic carbocycles. The molecule has 0 atom stereocenters. The number of aryl methyl sites for hydroxylation is 1. The highest BCUT2D eigenvalue weighted by molar-refractivity contribution is 9.10. The number of carbonyl (C=O) groups excluding carboxylic acids is 1. The first-order valence-corrected chi connectivity index (χ1v) is 7.84. The van der Waals surface area contributed by atoms with Crippen LogP contribution in [0.15, 0.2) is 65.1 Å². The number of halogens is 1. The average Bonchev–Trinajstić information content (AvgIpc) is 2.55. The minimum Gasteiger partial charge on any atom is -0.457 e. The van der Waals surface area contributed by atoms with Crippen LogP contribution in [0.2, 0.25) is 0 Å². The molecule has 3 aromatic carbocycles. The Hall–Kier alpha value is -2.13. The summed E-state index contributed by atoms with van der Waals surface area (Å²) in [5.74, 6) is -0.321. The van der Waals surface area contributed by atoms with Crippen LogP contribution in [0.25, 0.3) is 10.8 Å². The molecule has 0 N–H and O–H groups in total. The van der Waals surface area contributed by atoms with Crippen molar-refractivity contribution in [3.8, 4) is 0 Å². The van der Waals surface area contributed by atoms with Crippen LogP contribution < -0.4 is 0 Å². The van der Waals surface area contributed by atoms with Crippen LogP contribution in [0.3, 0.4) is 0 Å². The van der Waals surface area contributed by atoms with E-state index < -0.39 is 0 Å². The number of esters is 1. The summed E-state index contributed by atoms with van der Waals surface area (Å²) in [5, 5.41) is 2.09. The fourth-order valence-corrected chi connectivity index (χ4v) is 2.96. The van der Waals surface area contributed by atoms with Crippen LogP contribution in [0.4, 0.5) is 0 Å². The van der Waals surface area contributed by atoms with Crippen molar-refractivity contribution in [3.05, 3.63) is 81.8 Å². The Kier molecular flexibility index (Phi) is 4.25. The molecule has 0 fully saturated rings. The lowest BCUT2D eigenvalue weighted by Gasteiger charge is -2.09. The first-order valence-electron chi connectivity index (χ1n) is 7.05. The Morgan fingerprint density at radius 3 is 2.50 bits per heavy atom. The molecule has 0 heterocycles. The van der Waals surface area contributed by atoms with Gasteiger partial charge in [-0.2, -0.15) is 0 Å². The van der Waals surface area contributed by atoms with Gasteiger partial charge in [0.25, 0.3) is 0 Å². The Morgan fingerprint density at radius 2 is 1.73 bits per heavy atom. The zero-order chi connectivity index (χ0) is 15.5. The monoisotopic (exact) mass is 354 g/mol. The van der Waals surface area contributed by atoms with Gasteiger partial charge in [-0.15, -0.1) is 0 Å². The van der Waals surface area contributed by atoms with Gasteiger partial charge in [0.15, 0.2) is 0 Å². The van der Waals surface area contributed by atoms with Crippen LogP contribution in [-0.4, -0.2) is 5.97 Å². The van der Waals surface area contributed by atoms with Crippen molar-refractivity contribution in [3.63, 3.8) is 0 Å². The fourth-order valence-electron chi connectivity index (χ4n) is 2.30. The summed E-state index contributed by atoms with van der Waals surface area (Å²) in [6.45, 7) is 2.31. The Morgan fingerprint density at radius 1 is 1.00 bits per heavy atom. The normalized spacial score (nSPS) is 10.6. The topological polar surface area (TPSA) is 26.3 Å². The maximum absolute atomic E-state index is 12.3. The van der Waals surface area contributed by atoms with Gasteiger partial charge >= 0.3 is 5.97 Å². The van der Waals surface area contributed by atoms with Gasteiger partial charge in [0.1, 0.15) is 6.61 Å². The van der Waals surface area contributed by atoms with E-state index in [2.05, 4.69) is 15.9 Å². The number of hydrogen-bond donors (Lipinski definition) is 0. The van der Waals surface area contributed by atoms with E-state index in [1.54, 1.807) is 6.07 Å². The molecule has 0 saturated carbocycles. The molecular formula is C19H15BrO2. The van der Waals surface area contributed by atoms with E-state index in [9.17, 15) is 4.79 Å². The van der Waals surface area contributed by atoms with Crippen LogP contribution >= 0.6 is 15.9 Å². The van der Waals surface area contributed by atoms with E-state index in [0.717, 1.165) is 20.8 Å². The standard InChI is InChI=1S/C19H15BrO2/c1-13-6-8-14(9-7-13)12-22-19(21)17-11-10-15-4-2-3-5-16(15)18(17)20/h2-11H,12H2,1H3. The zero-order valence-electron chi connectivity index (χ0n) is 12.2. The number of fused-ring (bicyclic) bond motifs is 1. The lowest BCUT2D eigenvalue weighted by molar-refractivity contribution is 0.0472.